The smallest absolute Gasteiger partial charge is 0.329 e. The van der Waals surface area contributed by atoms with Crippen LogP contribution < -0.4 is 21.3 Å². The standard InChI is InChI=1S/C22H23N3O5/c26-20(13-25-19-6-2-1-5-18(19)21(27)24-22(25)28)23-12-15-7-9-16(10-8-15)30-14-17-4-3-11-29-17/h1-2,5-10,17H,3-4,11-14H2,(H,23,26)(H,24,27,28). The fourth-order valence-corrected chi connectivity index (χ4v) is 3.47. The number of fused-ring (bicyclic) bond motifs is 1. The molecular formula is C22H23N3O5. The molecule has 8 heteroatoms. The number of rotatable bonds is 7. The second kappa shape index (κ2) is 8.96. The van der Waals surface area contributed by atoms with E-state index in [1.54, 1.807) is 24.3 Å². The van der Waals surface area contributed by atoms with Gasteiger partial charge in [-0.1, -0.05) is 24.3 Å². The van der Waals surface area contributed by atoms with Gasteiger partial charge in [0.1, 0.15) is 18.9 Å². The number of carbonyl (C=O) groups excluding carboxylic acids is 1. The number of H-pyrrole nitrogens is 1. The number of para-hydroxylation sites is 1. The largest absolute Gasteiger partial charge is 0.491 e. The van der Waals surface area contributed by atoms with Crippen molar-refractivity contribution in [2.24, 2.45) is 0 Å². The summed E-state index contributed by atoms with van der Waals surface area (Å²) in [7, 11) is 0. The first-order valence-corrected chi connectivity index (χ1v) is 9.92. The second-order valence-electron chi connectivity index (χ2n) is 7.23. The maximum absolute atomic E-state index is 12.4. The fraction of sp³-hybridized carbons (Fsp3) is 0.318. The van der Waals surface area contributed by atoms with Crippen LogP contribution in [-0.2, 0) is 22.6 Å². The molecule has 1 aliphatic heterocycles. The van der Waals surface area contributed by atoms with Crippen LogP contribution in [0, 0.1) is 0 Å². The lowest BCUT2D eigenvalue weighted by atomic mass is 10.2. The van der Waals surface area contributed by atoms with Crippen molar-refractivity contribution in [1.82, 2.24) is 14.9 Å². The van der Waals surface area contributed by atoms with E-state index in [-0.39, 0.29) is 18.6 Å². The van der Waals surface area contributed by atoms with Crippen molar-refractivity contribution in [3.63, 3.8) is 0 Å². The molecule has 3 aromatic rings. The van der Waals surface area contributed by atoms with E-state index in [9.17, 15) is 14.4 Å². The van der Waals surface area contributed by atoms with Crippen LogP contribution in [0.2, 0.25) is 0 Å². The number of hydrogen-bond donors (Lipinski definition) is 2. The van der Waals surface area contributed by atoms with Crippen molar-refractivity contribution < 1.29 is 14.3 Å². The summed E-state index contributed by atoms with van der Waals surface area (Å²) in [5.41, 5.74) is 0.260. The molecule has 1 unspecified atom stereocenters. The number of hydrogen-bond acceptors (Lipinski definition) is 5. The van der Waals surface area contributed by atoms with Gasteiger partial charge in [0.25, 0.3) is 5.56 Å². The first-order chi connectivity index (χ1) is 14.6. The molecule has 1 saturated heterocycles. The van der Waals surface area contributed by atoms with Gasteiger partial charge in [-0.05, 0) is 42.7 Å². The second-order valence-corrected chi connectivity index (χ2v) is 7.23. The van der Waals surface area contributed by atoms with Crippen LogP contribution in [-0.4, -0.2) is 34.8 Å². The van der Waals surface area contributed by atoms with Gasteiger partial charge in [-0.3, -0.25) is 19.1 Å². The van der Waals surface area contributed by atoms with E-state index in [2.05, 4.69) is 10.3 Å². The topological polar surface area (TPSA) is 102 Å². The number of aromatic nitrogens is 2. The highest BCUT2D eigenvalue weighted by atomic mass is 16.5. The van der Waals surface area contributed by atoms with E-state index < -0.39 is 11.2 Å². The van der Waals surface area contributed by atoms with Crippen LogP contribution in [0.15, 0.2) is 58.1 Å². The van der Waals surface area contributed by atoms with Crippen molar-refractivity contribution in [2.45, 2.75) is 32.0 Å². The summed E-state index contributed by atoms with van der Waals surface area (Å²) in [5.74, 6) is 0.430. The van der Waals surface area contributed by atoms with E-state index >= 15 is 0 Å². The summed E-state index contributed by atoms with van der Waals surface area (Å²) in [5, 5.41) is 3.16. The number of carbonyl (C=O) groups is 1. The summed E-state index contributed by atoms with van der Waals surface area (Å²) < 4.78 is 12.5. The Labute approximate surface area is 172 Å². The Kier molecular flexibility index (Phi) is 5.94. The summed E-state index contributed by atoms with van der Waals surface area (Å²) in [6.07, 6.45) is 2.27. The van der Waals surface area contributed by atoms with Crippen LogP contribution in [0.3, 0.4) is 0 Å². The lowest BCUT2D eigenvalue weighted by Crippen LogP contribution is -2.36. The molecule has 1 aromatic heterocycles. The number of aromatic amines is 1. The average molecular weight is 409 g/mol. The van der Waals surface area contributed by atoms with E-state index in [1.165, 1.54) is 4.57 Å². The summed E-state index contributed by atoms with van der Waals surface area (Å²) >= 11 is 0. The highest BCUT2D eigenvalue weighted by Gasteiger charge is 2.16. The van der Waals surface area contributed by atoms with Crippen LogP contribution in [0.25, 0.3) is 10.9 Å². The van der Waals surface area contributed by atoms with Gasteiger partial charge >= 0.3 is 5.69 Å². The predicted octanol–water partition coefficient (Wildman–Crippen LogP) is 1.56. The maximum atomic E-state index is 12.4. The fourth-order valence-electron chi connectivity index (χ4n) is 3.47. The maximum Gasteiger partial charge on any atom is 0.329 e. The highest BCUT2D eigenvalue weighted by molar-refractivity contribution is 5.81. The molecule has 2 N–H and O–H groups in total. The van der Waals surface area contributed by atoms with Crippen LogP contribution in [0.5, 0.6) is 5.75 Å². The molecule has 0 spiro atoms. The number of amides is 1. The Bertz CT molecular complexity index is 1140. The third kappa shape index (κ3) is 4.60. The Hall–Kier alpha value is -3.39. The van der Waals surface area contributed by atoms with Gasteiger partial charge in [0.2, 0.25) is 5.91 Å². The van der Waals surface area contributed by atoms with Crippen molar-refractivity contribution >= 4 is 16.8 Å². The van der Waals surface area contributed by atoms with Crippen molar-refractivity contribution in [1.29, 1.82) is 0 Å². The summed E-state index contributed by atoms with van der Waals surface area (Å²) in [6, 6.07) is 14.2. The zero-order valence-electron chi connectivity index (χ0n) is 16.4. The summed E-state index contributed by atoms with van der Waals surface area (Å²) in [4.78, 5) is 38.7. The molecule has 0 bridgehead atoms. The quantitative estimate of drug-likeness (QED) is 0.617. The molecule has 30 heavy (non-hydrogen) atoms. The molecule has 1 atom stereocenters. The number of nitrogens with zero attached hydrogens (tertiary/aromatic N) is 1. The minimum Gasteiger partial charge on any atom is -0.491 e. The molecule has 1 fully saturated rings. The van der Waals surface area contributed by atoms with E-state index in [0.717, 1.165) is 30.8 Å². The van der Waals surface area contributed by atoms with Gasteiger partial charge < -0.3 is 14.8 Å². The van der Waals surface area contributed by atoms with Gasteiger partial charge in [0, 0.05) is 13.2 Å². The molecular weight excluding hydrogens is 386 g/mol. The molecule has 2 aromatic carbocycles. The monoisotopic (exact) mass is 409 g/mol. The third-order valence-corrected chi connectivity index (χ3v) is 5.08. The van der Waals surface area contributed by atoms with E-state index in [4.69, 9.17) is 9.47 Å². The normalized spacial score (nSPS) is 15.9. The van der Waals surface area contributed by atoms with Crippen LogP contribution >= 0.6 is 0 Å². The Balaban J connectivity index is 1.34. The first kappa shape index (κ1) is 19.9. The zero-order valence-corrected chi connectivity index (χ0v) is 16.4. The third-order valence-electron chi connectivity index (χ3n) is 5.08. The number of ether oxygens (including phenoxy) is 2. The van der Waals surface area contributed by atoms with Crippen molar-refractivity contribution in [3.05, 3.63) is 74.9 Å². The number of nitrogens with one attached hydrogen (secondary N) is 2. The predicted molar refractivity (Wildman–Crippen MR) is 112 cm³/mol. The van der Waals surface area contributed by atoms with Gasteiger partial charge in [0.15, 0.2) is 0 Å². The van der Waals surface area contributed by atoms with E-state index in [1.807, 2.05) is 24.3 Å². The minimum absolute atomic E-state index is 0.163. The molecule has 0 saturated carbocycles. The molecule has 8 nitrogen and oxygen atoms in total. The molecule has 4 rings (SSSR count). The average Bonchev–Trinajstić information content (AvgIpc) is 3.28. The molecule has 0 aliphatic carbocycles. The Morgan fingerprint density at radius 1 is 1.17 bits per heavy atom. The summed E-state index contributed by atoms with van der Waals surface area (Å²) in [6.45, 7) is 1.48. The van der Waals surface area contributed by atoms with Crippen LogP contribution in [0.1, 0.15) is 18.4 Å². The Morgan fingerprint density at radius 3 is 2.73 bits per heavy atom. The van der Waals surface area contributed by atoms with E-state index in [0.29, 0.717) is 24.1 Å². The Morgan fingerprint density at radius 2 is 1.97 bits per heavy atom. The number of benzene rings is 2. The van der Waals surface area contributed by atoms with Crippen molar-refractivity contribution in [3.8, 4) is 5.75 Å². The molecule has 0 radical (unpaired) electrons. The molecule has 2 heterocycles. The molecule has 156 valence electrons. The lowest BCUT2D eigenvalue weighted by molar-refractivity contribution is -0.121. The van der Waals surface area contributed by atoms with Gasteiger partial charge in [-0.2, -0.15) is 0 Å². The van der Waals surface area contributed by atoms with Gasteiger partial charge in [-0.15, -0.1) is 0 Å². The highest BCUT2D eigenvalue weighted by Crippen LogP contribution is 2.16. The lowest BCUT2D eigenvalue weighted by Gasteiger charge is -2.12. The first-order valence-electron chi connectivity index (χ1n) is 9.92. The van der Waals surface area contributed by atoms with Crippen LogP contribution in [0.4, 0.5) is 0 Å². The van der Waals surface area contributed by atoms with Gasteiger partial charge in [-0.25, -0.2) is 4.79 Å². The van der Waals surface area contributed by atoms with Gasteiger partial charge in [0.05, 0.1) is 17.0 Å². The SMILES string of the molecule is O=C(Cn1c(=O)[nH]c(=O)c2ccccc21)NCc1ccc(OCC2CCCO2)cc1. The molecule has 1 amide bonds. The molecule has 1 aliphatic rings. The minimum atomic E-state index is -0.610. The van der Waals surface area contributed by atoms with Crippen molar-refractivity contribution in [2.75, 3.05) is 13.2 Å². The zero-order chi connectivity index (χ0) is 20.9.